The van der Waals surface area contributed by atoms with Crippen molar-refractivity contribution < 1.29 is 0 Å². The zero-order valence-electron chi connectivity index (χ0n) is 12.1. The highest BCUT2D eigenvalue weighted by Gasteiger charge is 2.29. The largest absolute Gasteiger partial charge is 0.312 e. The number of unbranched alkanes of at least 4 members (excludes halogenated alkanes) is 1. The van der Waals surface area contributed by atoms with Crippen molar-refractivity contribution in [2.75, 3.05) is 13.1 Å². The Hall–Kier alpha value is -0.860. The Labute approximate surface area is 117 Å². The van der Waals surface area contributed by atoms with Crippen LogP contribution >= 0.6 is 0 Å². The third kappa shape index (κ3) is 3.18. The van der Waals surface area contributed by atoms with Crippen LogP contribution in [0.1, 0.15) is 49.3 Å². The van der Waals surface area contributed by atoms with E-state index < -0.39 is 0 Å². The molecule has 0 amide bonds. The van der Waals surface area contributed by atoms with Gasteiger partial charge in [-0.2, -0.15) is 0 Å². The van der Waals surface area contributed by atoms with Gasteiger partial charge in [-0.3, -0.25) is 4.90 Å². The first kappa shape index (κ1) is 13.1. The van der Waals surface area contributed by atoms with E-state index in [-0.39, 0.29) is 0 Å². The number of rotatable bonds is 6. The van der Waals surface area contributed by atoms with Crippen LogP contribution in [0.5, 0.6) is 0 Å². The SMILES string of the molecule is CCCCN(Cc1cccc2c1CCNC2)C1CC1. The standard InChI is InChI=1S/C17H26N2/c1-2-3-11-19(16-7-8-16)13-15-6-4-5-14-12-18-10-9-17(14)15/h4-6,16,18H,2-3,7-13H2,1H3. The van der Waals surface area contributed by atoms with Gasteiger partial charge in [0.15, 0.2) is 0 Å². The maximum Gasteiger partial charge on any atom is 0.0239 e. The molecule has 1 aromatic carbocycles. The fourth-order valence-electron chi connectivity index (χ4n) is 3.17. The topological polar surface area (TPSA) is 15.3 Å². The second kappa shape index (κ2) is 6.06. The zero-order chi connectivity index (χ0) is 13.1. The smallest absolute Gasteiger partial charge is 0.0239 e. The summed E-state index contributed by atoms with van der Waals surface area (Å²) < 4.78 is 0. The van der Waals surface area contributed by atoms with Gasteiger partial charge in [0.1, 0.15) is 0 Å². The monoisotopic (exact) mass is 258 g/mol. The molecule has 1 aliphatic carbocycles. The van der Waals surface area contributed by atoms with Gasteiger partial charge in [-0.1, -0.05) is 31.5 Å². The maximum atomic E-state index is 3.48. The normalized spacial score (nSPS) is 18.6. The van der Waals surface area contributed by atoms with Crippen molar-refractivity contribution >= 4 is 0 Å². The van der Waals surface area contributed by atoms with Gasteiger partial charge in [-0.25, -0.2) is 0 Å². The molecule has 2 nitrogen and oxygen atoms in total. The Morgan fingerprint density at radius 3 is 3.00 bits per heavy atom. The highest BCUT2D eigenvalue weighted by atomic mass is 15.2. The molecule has 1 N–H and O–H groups in total. The number of benzene rings is 1. The Balaban J connectivity index is 1.73. The summed E-state index contributed by atoms with van der Waals surface area (Å²) in [5, 5.41) is 3.48. The molecular weight excluding hydrogens is 232 g/mol. The molecule has 2 aliphatic rings. The number of nitrogens with zero attached hydrogens (tertiary/aromatic N) is 1. The minimum Gasteiger partial charge on any atom is -0.312 e. The molecule has 104 valence electrons. The molecule has 1 saturated carbocycles. The van der Waals surface area contributed by atoms with Gasteiger partial charge in [0.05, 0.1) is 0 Å². The molecule has 0 unspecified atom stereocenters. The van der Waals surface area contributed by atoms with Crippen molar-refractivity contribution in [2.45, 2.75) is 58.2 Å². The lowest BCUT2D eigenvalue weighted by Crippen LogP contribution is -2.29. The average Bonchev–Trinajstić information content (AvgIpc) is 3.28. The third-order valence-corrected chi connectivity index (χ3v) is 4.47. The van der Waals surface area contributed by atoms with E-state index in [9.17, 15) is 0 Å². The molecule has 19 heavy (non-hydrogen) atoms. The van der Waals surface area contributed by atoms with Gasteiger partial charge < -0.3 is 5.32 Å². The first-order valence-corrected chi connectivity index (χ1v) is 7.93. The van der Waals surface area contributed by atoms with Crippen LogP contribution < -0.4 is 5.32 Å². The second-order valence-corrected chi connectivity index (χ2v) is 6.04. The van der Waals surface area contributed by atoms with E-state index in [2.05, 4.69) is 35.3 Å². The molecule has 3 rings (SSSR count). The Bertz CT molecular complexity index is 423. The molecule has 1 aliphatic heterocycles. The molecule has 1 aromatic rings. The van der Waals surface area contributed by atoms with Crippen molar-refractivity contribution in [2.24, 2.45) is 0 Å². The van der Waals surface area contributed by atoms with E-state index in [0.29, 0.717) is 0 Å². The van der Waals surface area contributed by atoms with E-state index in [0.717, 1.165) is 19.1 Å². The fourth-order valence-corrected chi connectivity index (χ4v) is 3.17. The lowest BCUT2D eigenvalue weighted by atomic mass is 9.95. The summed E-state index contributed by atoms with van der Waals surface area (Å²) >= 11 is 0. The molecule has 0 saturated heterocycles. The number of fused-ring (bicyclic) bond motifs is 1. The van der Waals surface area contributed by atoms with Crippen LogP contribution in [-0.4, -0.2) is 24.0 Å². The van der Waals surface area contributed by atoms with Crippen molar-refractivity contribution in [1.82, 2.24) is 10.2 Å². The highest BCUT2D eigenvalue weighted by Crippen LogP contribution is 2.30. The van der Waals surface area contributed by atoms with E-state index >= 15 is 0 Å². The molecular formula is C17H26N2. The summed E-state index contributed by atoms with van der Waals surface area (Å²) in [5.74, 6) is 0. The number of hydrogen-bond donors (Lipinski definition) is 1. The van der Waals surface area contributed by atoms with Crippen molar-refractivity contribution in [3.63, 3.8) is 0 Å². The summed E-state index contributed by atoms with van der Waals surface area (Å²) in [6.07, 6.45) is 6.69. The van der Waals surface area contributed by atoms with Crippen LogP contribution in [-0.2, 0) is 19.5 Å². The minimum atomic E-state index is 0.879. The van der Waals surface area contributed by atoms with Crippen LogP contribution in [0, 0.1) is 0 Å². The van der Waals surface area contributed by atoms with E-state index in [4.69, 9.17) is 0 Å². The van der Waals surface area contributed by atoms with Gasteiger partial charge in [0, 0.05) is 19.1 Å². The predicted octanol–water partition coefficient (Wildman–Crippen LogP) is 3.10. The molecule has 0 spiro atoms. The zero-order valence-corrected chi connectivity index (χ0v) is 12.1. The van der Waals surface area contributed by atoms with Gasteiger partial charge in [-0.15, -0.1) is 0 Å². The number of nitrogens with one attached hydrogen (secondary N) is 1. The van der Waals surface area contributed by atoms with Gasteiger partial charge >= 0.3 is 0 Å². The Kier molecular flexibility index (Phi) is 4.19. The van der Waals surface area contributed by atoms with Gasteiger partial charge in [-0.05, 0) is 55.5 Å². The van der Waals surface area contributed by atoms with Crippen LogP contribution in [0.2, 0.25) is 0 Å². The lowest BCUT2D eigenvalue weighted by molar-refractivity contribution is 0.249. The third-order valence-electron chi connectivity index (χ3n) is 4.47. The lowest BCUT2D eigenvalue weighted by Gasteiger charge is -2.26. The van der Waals surface area contributed by atoms with E-state index in [1.54, 1.807) is 11.1 Å². The van der Waals surface area contributed by atoms with Crippen molar-refractivity contribution in [3.05, 3.63) is 34.9 Å². The summed E-state index contributed by atoms with van der Waals surface area (Å²) in [5.41, 5.74) is 4.74. The van der Waals surface area contributed by atoms with Gasteiger partial charge in [0.25, 0.3) is 0 Å². The number of hydrogen-bond acceptors (Lipinski definition) is 2. The van der Waals surface area contributed by atoms with Crippen LogP contribution in [0.25, 0.3) is 0 Å². The molecule has 1 heterocycles. The first-order valence-electron chi connectivity index (χ1n) is 7.93. The summed E-state index contributed by atoms with van der Waals surface area (Å²) in [7, 11) is 0. The van der Waals surface area contributed by atoms with Crippen molar-refractivity contribution in [3.8, 4) is 0 Å². The van der Waals surface area contributed by atoms with E-state index in [1.807, 2.05) is 0 Å². The second-order valence-electron chi connectivity index (χ2n) is 6.04. The fraction of sp³-hybridized carbons (Fsp3) is 0.647. The molecule has 0 atom stereocenters. The van der Waals surface area contributed by atoms with Crippen LogP contribution in [0.4, 0.5) is 0 Å². The summed E-state index contributed by atoms with van der Waals surface area (Å²) in [6.45, 7) is 6.95. The van der Waals surface area contributed by atoms with Crippen LogP contribution in [0.15, 0.2) is 18.2 Å². The predicted molar refractivity (Wildman–Crippen MR) is 80.2 cm³/mol. The molecule has 1 fully saturated rings. The first-order chi connectivity index (χ1) is 9.38. The molecule has 0 aromatic heterocycles. The van der Waals surface area contributed by atoms with Gasteiger partial charge in [0.2, 0.25) is 0 Å². The summed E-state index contributed by atoms with van der Waals surface area (Å²) in [4.78, 5) is 2.72. The quantitative estimate of drug-likeness (QED) is 0.843. The molecule has 0 radical (unpaired) electrons. The molecule has 2 heteroatoms. The van der Waals surface area contributed by atoms with Crippen LogP contribution in [0.3, 0.4) is 0 Å². The highest BCUT2D eigenvalue weighted by molar-refractivity contribution is 5.37. The molecule has 0 bridgehead atoms. The Morgan fingerprint density at radius 2 is 2.21 bits per heavy atom. The van der Waals surface area contributed by atoms with E-state index in [1.165, 1.54) is 50.8 Å². The maximum absolute atomic E-state index is 3.48. The average molecular weight is 258 g/mol. The summed E-state index contributed by atoms with van der Waals surface area (Å²) in [6, 6.07) is 7.76. The van der Waals surface area contributed by atoms with Crippen molar-refractivity contribution in [1.29, 1.82) is 0 Å². The minimum absolute atomic E-state index is 0.879. The Morgan fingerprint density at radius 1 is 1.32 bits per heavy atom.